The summed E-state index contributed by atoms with van der Waals surface area (Å²) < 4.78 is 52.7. The average Bonchev–Trinajstić information content (AvgIpc) is 3.22. The van der Waals surface area contributed by atoms with Crippen molar-refractivity contribution in [2.45, 2.75) is 12.7 Å². The summed E-state index contributed by atoms with van der Waals surface area (Å²) in [5, 5.41) is 2.74. The van der Waals surface area contributed by atoms with E-state index in [1.54, 1.807) is 12.1 Å². The van der Waals surface area contributed by atoms with Crippen LogP contribution in [0.3, 0.4) is 0 Å². The highest BCUT2D eigenvalue weighted by atomic mass is 32.1. The van der Waals surface area contributed by atoms with Gasteiger partial charge in [0.05, 0.1) is 16.8 Å². The van der Waals surface area contributed by atoms with Gasteiger partial charge >= 0.3 is 6.18 Å². The summed E-state index contributed by atoms with van der Waals surface area (Å²) in [6.07, 6.45) is -4.57. The van der Waals surface area contributed by atoms with Crippen molar-refractivity contribution in [1.29, 1.82) is 0 Å². The van der Waals surface area contributed by atoms with Crippen LogP contribution in [0.4, 0.5) is 17.6 Å². The van der Waals surface area contributed by atoms with E-state index in [0.29, 0.717) is 32.7 Å². The fourth-order valence-electron chi connectivity index (χ4n) is 3.53. The molecule has 1 aliphatic heterocycles. The van der Waals surface area contributed by atoms with E-state index in [2.05, 4.69) is 9.88 Å². The molecule has 4 nitrogen and oxygen atoms in total. The molecule has 1 saturated heterocycles. The molecule has 1 aromatic heterocycles. The average molecular weight is 449 g/mol. The SMILES string of the molecule is O=C(c1ccccc1C(F)(F)F)N1CCN(Cc2csc(-c3ccc(F)cc3)n2)CC1. The zero-order valence-electron chi connectivity index (χ0n) is 16.4. The molecule has 0 spiro atoms. The molecule has 31 heavy (non-hydrogen) atoms. The molecule has 0 N–H and O–H groups in total. The first kappa shape index (κ1) is 21.5. The molecule has 4 rings (SSSR count). The van der Waals surface area contributed by atoms with Gasteiger partial charge in [-0.05, 0) is 36.4 Å². The molecule has 0 saturated carbocycles. The second-order valence-corrected chi connectivity index (χ2v) is 8.12. The van der Waals surface area contributed by atoms with Gasteiger partial charge in [-0.15, -0.1) is 11.3 Å². The predicted molar refractivity (Wildman–Crippen MR) is 110 cm³/mol. The van der Waals surface area contributed by atoms with E-state index in [0.717, 1.165) is 22.3 Å². The number of hydrogen-bond donors (Lipinski definition) is 0. The number of alkyl halides is 3. The fraction of sp³-hybridized carbons (Fsp3) is 0.273. The lowest BCUT2D eigenvalue weighted by molar-refractivity contribution is -0.138. The van der Waals surface area contributed by atoms with Crippen molar-refractivity contribution in [1.82, 2.24) is 14.8 Å². The Morgan fingerprint density at radius 1 is 1.00 bits per heavy atom. The van der Waals surface area contributed by atoms with Gasteiger partial charge in [-0.3, -0.25) is 9.69 Å². The molecule has 162 valence electrons. The van der Waals surface area contributed by atoms with Crippen LogP contribution in [0.5, 0.6) is 0 Å². The molecule has 2 heterocycles. The van der Waals surface area contributed by atoms with Gasteiger partial charge in [0.1, 0.15) is 10.8 Å². The van der Waals surface area contributed by atoms with Crippen LogP contribution < -0.4 is 0 Å². The number of benzene rings is 2. The number of amides is 1. The van der Waals surface area contributed by atoms with Crippen LogP contribution in [0, 0.1) is 5.82 Å². The Hall–Kier alpha value is -2.78. The molecule has 0 aliphatic carbocycles. The number of halogens is 4. The Morgan fingerprint density at radius 3 is 2.35 bits per heavy atom. The molecular weight excluding hydrogens is 430 g/mol. The van der Waals surface area contributed by atoms with E-state index in [9.17, 15) is 22.4 Å². The highest BCUT2D eigenvalue weighted by Gasteiger charge is 2.36. The summed E-state index contributed by atoms with van der Waals surface area (Å²) in [6.45, 7) is 2.37. The summed E-state index contributed by atoms with van der Waals surface area (Å²) in [6, 6.07) is 11.0. The number of carbonyl (C=O) groups excluding carboxylic acids is 1. The number of aromatic nitrogens is 1. The first-order valence-corrected chi connectivity index (χ1v) is 10.6. The minimum absolute atomic E-state index is 0.300. The third-order valence-corrected chi connectivity index (χ3v) is 6.09. The van der Waals surface area contributed by atoms with Crippen LogP contribution in [0.15, 0.2) is 53.9 Å². The van der Waals surface area contributed by atoms with Gasteiger partial charge in [0, 0.05) is 43.7 Å². The van der Waals surface area contributed by atoms with Crippen molar-refractivity contribution in [2.24, 2.45) is 0 Å². The summed E-state index contributed by atoms with van der Waals surface area (Å²) in [5.74, 6) is -0.898. The number of piperazine rings is 1. The van der Waals surface area contributed by atoms with Crippen LogP contribution in [0.2, 0.25) is 0 Å². The fourth-order valence-corrected chi connectivity index (χ4v) is 4.35. The maximum atomic E-state index is 13.2. The van der Waals surface area contributed by atoms with Crippen LogP contribution in [0.1, 0.15) is 21.6 Å². The first-order chi connectivity index (χ1) is 14.8. The van der Waals surface area contributed by atoms with E-state index in [1.807, 2.05) is 5.38 Å². The number of rotatable bonds is 4. The molecular formula is C22H19F4N3OS. The molecule has 0 radical (unpaired) electrons. The zero-order chi connectivity index (χ0) is 22.0. The Kier molecular flexibility index (Phi) is 6.06. The van der Waals surface area contributed by atoms with Crippen molar-refractivity contribution in [2.75, 3.05) is 26.2 Å². The van der Waals surface area contributed by atoms with Crippen molar-refractivity contribution >= 4 is 17.2 Å². The van der Waals surface area contributed by atoms with Crippen LogP contribution >= 0.6 is 11.3 Å². The maximum absolute atomic E-state index is 13.2. The van der Waals surface area contributed by atoms with Gasteiger partial charge in [-0.1, -0.05) is 12.1 Å². The van der Waals surface area contributed by atoms with Crippen molar-refractivity contribution < 1.29 is 22.4 Å². The highest BCUT2D eigenvalue weighted by Crippen LogP contribution is 2.32. The van der Waals surface area contributed by atoms with Crippen molar-refractivity contribution in [3.63, 3.8) is 0 Å². The molecule has 1 amide bonds. The van der Waals surface area contributed by atoms with Crippen LogP contribution in [-0.2, 0) is 12.7 Å². The quantitative estimate of drug-likeness (QED) is 0.530. The number of thiazole rings is 1. The van der Waals surface area contributed by atoms with Crippen LogP contribution in [0.25, 0.3) is 10.6 Å². The maximum Gasteiger partial charge on any atom is 0.417 e. The smallest absolute Gasteiger partial charge is 0.336 e. The normalized spacial score (nSPS) is 15.3. The van der Waals surface area contributed by atoms with E-state index >= 15 is 0 Å². The lowest BCUT2D eigenvalue weighted by Gasteiger charge is -2.34. The summed E-state index contributed by atoms with van der Waals surface area (Å²) >= 11 is 1.47. The number of hydrogen-bond acceptors (Lipinski definition) is 4. The monoisotopic (exact) mass is 449 g/mol. The van der Waals surface area contributed by atoms with Gasteiger partial charge in [0.2, 0.25) is 0 Å². The Bertz CT molecular complexity index is 1060. The van der Waals surface area contributed by atoms with Gasteiger partial charge in [-0.25, -0.2) is 9.37 Å². The largest absolute Gasteiger partial charge is 0.417 e. The van der Waals surface area contributed by atoms with Gasteiger partial charge in [0.15, 0.2) is 0 Å². The Labute approximate surface area is 180 Å². The molecule has 1 aliphatic rings. The molecule has 2 aromatic carbocycles. The second kappa shape index (κ2) is 8.76. The first-order valence-electron chi connectivity index (χ1n) is 9.69. The topological polar surface area (TPSA) is 36.4 Å². The van der Waals surface area contributed by atoms with Crippen molar-refractivity contribution in [3.8, 4) is 10.6 Å². The summed E-state index contributed by atoms with van der Waals surface area (Å²) in [7, 11) is 0. The molecule has 0 atom stereocenters. The lowest BCUT2D eigenvalue weighted by atomic mass is 10.1. The zero-order valence-corrected chi connectivity index (χ0v) is 17.2. The molecule has 3 aromatic rings. The van der Waals surface area contributed by atoms with Gasteiger partial charge < -0.3 is 4.90 Å². The Morgan fingerprint density at radius 2 is 1.68 bits per heavy atom. The van der Waals surface area contributed by atoms with E-state index in [4.69, 9.17) is 0 Å². The van der Waals surface area contributed by atoms with E-state index in [1.165, 1.54) is 46.6 Å². The molecule has 1 fully saturated rings. The third-order valence-electron chi connectivity index (χ3n) is 5.15. The predicted octanol–water partition coefficient (Wildman–Crippen LogP) is 4.93. The minimum atomic E-state index is -4.57. The Balaban J connectivity index is 1.37. The molecule has 9 heteroatoms. The minimum Gasteiger partial charge on any atom is -0.336 e. The van der Waals surface area contributed by atoms with Gasteiger partial charge in [-0.2, -0.15) is 13.2 Å². The standard InChI is InChI=1S/C22H19F4N3OS/c23-16-7-5-15(6-8-16)20-27-17(14-31-20)13-28-9-11-29(12-10-28)21(30)18-3-1-2-4-19(18)22(24,25)26/h1-8,14H,9-13H2. The number of carbonyl (C=O) groups is 1. The summed E-state index contributed by atoms with van der Waals surface area (Å²) in [4.78, 5) is 20.9. The number of nitrogens with zero attached hydrogens (tertiary/aromatic N) is 3. The molecule has 0 bridgehead atoms. The summed E-state index contributed by atoms with van der Waals surface area (Å²) in [5.41, 5.74) is 0.494. The van der Waals surface area contributed by atoms with Crippen LogP contribution in [-0.4, -0.2) is 46.9 Å². The lowest BCUT2D eigenvalue weighted by Crippen LogP contribution is -2.48. The molecule has 0 unspecified atom stereocenters. The van der Waals surface area contributed by atoms with Crippen molar-refractivity contribution in [3.05, 3.63) is 76.5 Å². The van der Waals surface area contributed by atoms with E-state index in [-0.39, 0.29) is 11.4 Å². The third kappa shape index (κ3) is 4.94. The van der Waals surface area contributed by atoms with Gasteiger partial charge in [0.25, 0.3) is 5.91 Å². The second-order valence-electron chi connectivity index (χ2n) is 7.26. The highest BCUT2D eigenvalue weighted by molar-refractivity contribution is 7.13. The van der Waals surface area contributed by atoms with E-state index < -0.39 is 17.6 Å².